The molecule has 19 heteroatoms. The zero-order valence-corrected chi connectivity index (χ0v) is 51.1. The second kappa shape index (κ2) is 53.8. The van der Waals surface area contributed by atoms with Crippen LogP contribution >= 0.6 is 0 Å². The Hall–Kier alpha value is -2.19. The quantitative estimate of drug-likeness (QED) is 0.0832. The fourth-order valence-electron chi connectivity index (χ4n) is 7.18. The normalized spacial score (nSPS) is 12.1. The van der Waals surface area contributed by atoms with Gasteiger partial charge in [0.15, 0.2) is 0 Å². The third-order valence-electron chi connectivity index (χ3n) is 11.6. The van der Waals surface area contributed by atoms with Gasteiger partial charge in [-0.2, -0.15) is 22.8 Å². The molecule has 75 heavy (non-hydrogen) atoms. The smallest absolute Gasteiger partial charge is 0.660 e. The topological polar surface area (TPSA) is 167 Å². The van der Waals surface area contributed by atoms with Crippen molar-refractivity contribution in [2.45, 2.75) is 78.1 Å². The third-order valence-corrected chi connectivity index (χ3v) is 11.6. The van der Waals surface area contributed by atoms with Crippen LogP contribution < -0.4 is 57.7 Å². The largest absolute Gasteiger partial charge is 2.00 e. The summed E-state index contributed by atoms with van der Waals surface area (Å²) in [6.07, 6.45) is 7.99. The number of fused-ring (bicyclic) bond motifs is 8. The summed E-state index contributed by atoms with van der Waals surface area (Å²) in [7, 11) is 19.8. The summed E-state index contributed by atoms with van der Waals surface area (Å²) in [5.74, 6) is 0. The molecule has 0 N–H and O–H groups in total. The number of ether oxygens (including phenoxy) is 12. The molecule has 8 bridgehead atoms. The predicted octanol–water partition coefficient (Wildman–Crippen LogP) is 2.62. The van der Waals surface area contributed by atoms with Crippen molar-refractivity contribution in [2.24, 2.45) is 0 Å². The van der Waals surface area contributed by atoms with E-state index in [1.807, 2.05) is 0 Å². The second-order valence-electron chi connectivity index (χ2n) is 15.8. The first-order valence-electron chi connectivity index (χ1n) is 24.8. The molecule has 0 saturated heterocycles. The van der Waals surface area contributed by atoms with Gasteiger partial charge in [-0.05, 0) is 50.4 Å². The fraction of sp³-hybridized carbons (Fsp3) is 0.643. The van der Waals surface area contributed by atoms with E-state index in [-0.39, 0.29) is 65.0 Å². The molecule has 4 aromatic heterocycles. The summed E-state index contributed by atoms with van der Waals surface area (Å²) < 4.78 is 55.9. The maximum atomic E-state index is 5.21. The Morgan fingerprint density at radius 2 is 0.453 bits per heavy atom. The zero-order valence-electron chi connectivity index (χ0n) is 50.1. The molecule has 0 radical (unpaired) electrons. The minimum Gasteiger partial charge on any atom is -0.660 e. The van der Waals surface area contributed by atoms with E-state index < -0.39 is 0 Å². The van der Waals surface area contributed by atoms with Crippen LogP contribution in [0.2, 0.25) is 0 Å². The molecule has 0 amide bonds. The van der Waals surface area contributed by atoms with E-state index in [0.29, 0.717) is 79.3 Å². The van der Waals surface area contributed by atoms with Gasteiger partial charge in [0.1, 0.15) is 0 Å². The van der Waals surface area contributed by atoms with Crippen molar-refractivity contribution in [3.05, 3.63) is 106 Å². The molecule has 0 saturated carbocycles. The Bertz CT molecular complexity index is 1590. The zero-order chi connectivity index (χ0) is 54.5. The van der Waals surface area contributed by atoms with Gasteiger partial charge in [-0.15, -0.1) is 22.8 Å². The van der Waals surface area contributed by atoms with Gasteiger partial charge in [-0.25, -0.2) is 0 Å². The molecule has 424 valence electrons. The molecule has 4 aromatic rings. The third kappa shape index (κ3) is 30.1. The van der Waals surface area contributed by atoms with E-state index in [2.05, 4.69) is 159 Å². The average Bonchev–Trinajstić information content (AvgIpc) is 4.28. The van der Waals surface area contributed by atoms with Crippen molar-refractivity contribution in [3.8, 4) is 0 Å². The minimum atomic E-state index is -0.236. The Morgan fingerprint density at radius 1 is 0.307 bits per heavy atom. The maximum absolute atomic E-state index is 5.21. The van der Waals surface area contributed by atoms with Gasteiger partial charge in [0.05, 0.1) is 79.3 Å². The molecule has 1 aliphatic heterocycles. The van der Waals surface area contributed by atoms with Crippen molar-refractivity contribution in [1.29, 1.82) is 0 Å². The molecule has 5 heterocycles. The van der Waals surface area contributed by atoms with Crippen molar-refractivity contribution >= 4 is 11.1 Å². The predicted molar refractivity (Wildman–Crippen MR) is 290 cm³/mol. The van der Waals surface area contributed by atoms with Crippen LogP contribution in [0, 0.1) is 0 Å². The molecule has 0 fully saturated rings. The number of hydrogen-bond donors (Lipinski definition) is 0. The van der Waals surface area contributed by atoms with Gasteiger partial charge in [0.25, 0.3) is 0 Å². The van der Waals surface area contributed by atoms with Crippen LogP contribution in [0.3, 0.4) is 0 Å². The molecule has 0 atom stereocenters. The Morgan fingerprint density at radius 3 is 0.560 bits per heavy atom. The Labute approximate surface area is 488 Å². The van der Waals surface area contributed by atoms with E-state index in [0.717, 1.165) is 82.4 Å². The fourth-order valence-corrected chi connectivity index (χ4v) is 7.18. The van der Waals surface area contributed by atoms with E-state index in [1.165, 1.54) is 0 Å². The summed E-state index contributed by atoms with van der Waals surface area (Å²) in [4.78, 5) is 20.8. The van der Waals surface area contributed by atoms with E-state index in [1.54, 1.807) is 85.3 Å². The standard InChI is InChI=1S/C32H36N4.6C4H10O2.2Li.Ni/c1-7-21-23-13-17-27(33-23)31(9-3,10-4)29-19-15-25(35-29)22(8-2)26-16-20-30(36-26)32(11-5,12-6)28-18-14-24(21)34-28;6*1-5-3-4-6-2;;;/h7-8,13-20H,9-12H2,1-6H3;6*3-4H2,1-2H3;;;/q-4;;;;;;;2*+1;+2. The second-order valence-corrected chi connectivity index (χ2v) is 15.8. The van der Waals surface area contributed by atoms with E-state index in [4.69, 9.17) is 19.9 Å². The molecule has 0 aromatic carbocycles. The molecule has 5 rings (SSSR count). The summed E-state index contributed by atoms with van der Waals surface area (Å²) in [5, 5.41) is 0. The summed E-state index contributed by atoms with van der Waals surface area (Å²) in [5.41, 5.74) is 9.90. The molecule has 1 aliphatic rings. The molecular weight excluding hydrogens is 993 g/mol. The van der Waals surface area contributed by atoms with Crippen molar-refractivity contribution in [3.63, 3.8) is 0 Å². The summed E-state index contributed by atoms with van der Waals surface area (Å²) in [6.45, 7) is 21.4. The van der Waals surface area contributed by atoms with Gasteiger partial charge in [0.2, 0.25) is 0 Å². The van der Waals surface area contributed by atoms with E-state index in [9.17, 15) is 0 Å². The molecular formula is C56H96Li2N4NiO12. The first-order valence-corrected chi connectivity index (χ1v) is 24.8. The minimum absolute atomic E-state index is 0. The number of allylic oxidation sites excluding steroid dienone is 2. The monoisotopic (exact) mass is 1090 g/mol. The van der Waals surface area contributed by atoms with Crippen LogP contribution in [-0.2, 0) is 84.2 Å². The van der Waals surface area contributed by atoms with Crippen LogP contribution in [-0.4, -0.2) is 165 Å². The molecule has 16 nitrogen and oxygen atoms in total. The van der Waals surface area contributed by atoms with Gasteiger partial charge in [-0.1, -0.05) is 99.5 Å². The number of nitrogens with zero attached hydrogens (tertiary/aromatic N) is 4. The molecule has 0 unspecified atom stereocenters. The van der Waals surface area contributed by atoms with Gasteiger partial charge >= 0.3 is 54.2 Å². The number of hydrogen-bond acceptors (Lipinski definition) is 12. The van der Waals surface area contributed by atoms with Crippen LogP contribution in [0.15, 0.2) is 60.7 Å². The van der Waals surface area contributed by atoms with Crippen molar-refractivity contribution < 1.29 is 111 Å². The average molecular weight is 1090 g/mol. The first kappa shape index (κ1) is 81.7. The first-order chi connectivity index (χ1) is 35.0. The van der Waals surface area contributed by atoms with Crippen molar-refractivity contribution in [1.82, 2.24) is 19.9 Å². The van der Waals surface area contributed by atoms with Crippen LogP contribution in [0.4, 0.5) is 0 Å². The number of rotatable bonds is 22. The maximum Gasteiger partial charge on any atom is 2.00 e. The molecule has 0 spiro atoms. The molecule has 0 aliphatic carbocycles. The van der Waals surface area contributed by atoms with Crippen LogP contribution in [0.25, 0.3) is 11.1 Å². The van der Waals surface area contributed by atoms with Crippen LogP contribution in [0.5, 0.6) is 0 Å². The van der Waals surface area contributed by atoms with Gasteiger partial charge in [0, 0.05) is 85.3 Å². The SMILES string of the molecule is CC=C1c2ccc([n-]2)C(CC)(CC)c2ccc([n-]2)C(=CC)c2ccc([n-]2)C(CC)(CC)c2ccc1[n-]2.COCCOC.COCCOC.COCCOC.COCCOC.COCCOC.COCCOC.[Li+].[Li+].[Ni+2]. The Kier molecular flexibility index (Phi) is 58.6. The number of methoxy groups -OCH3 is 12. The van der Waals surface area contributed by atoms with Gasteiger partial charge in [-0.3, -0.25) is 0 Å². The number of aromatic nitrogens is 4. The van der Waals surface area contributed by atoms with Crippen LogP contribution in [0.1, 0.15) is 113 Å². The van der Waals surface area contributed by atoms with E-state index >= 15 is 0 Å². The summed E-state index contributed by atoms with van der Waals surface area (Å²) >= 11 is 0. The summed E-state index contributed by atoms with van der Waals surface area (Å²) in [6, 6.07) is 17.3. The Balaban J connectivity index is -0.000000341. The van der Waals surface area contributed by atoms with Crippen molar-refractivity contribution in [2.75, 3.05) is 165 Å². The van der Waals surface area contributed by atoms with Gasteiger partial charge < -0.3 is 76.8 Å².